The molecule has 2 unspecified atom stereocenters. The van der Waals surface area contributed by atoms with Crippen molar-refractivity contribution in [2.75, 3.05) is 14.1 Å². The van der Waals surface area contributed by atoms with Crippen LogP contribution >= 0.6 is 0 Å². The van der Waals surface area contributed by atoms with E-state index in [1.54, 1.807) is 0 Å². The highest BCUT2D eigenvalue weighted by Gasteiger charge is 2.14. The Balaban J connectivity index is 2.57. The van der Waals surface area contributed by atoms with E-state index >= 15 is 0 Å². The van der Waals surface area contributed by atoms with Gasteiger partial charge in [0, 0.05) is 24.0 Å². The van der Waals surface area contributed by atoms with Crippen LogP contribution in [0.1, 0.15) is 31.5 Å². The summed E-state index contributed by atoms with van der Waals surface area (Å²) in [6, 6.07) is 4.91. The average molecular weight is 195 g/mol. The summed E-state index contributed by atoms with van der Waals surface area (Å²) in [7, 11) is 4.21. The third-order valence-corrected chi connectivity index (χ3v) is 2.50. The smallest absolute Gasteiger partial charge is 0.0493 e. The second-order valence-electron chi connectivity index (χ2n) is 4.16. The molecule has 0 aliphatic heterocycles. The van der Waals surface area contributed by atoms with E-state index in [0.29, 0.717) is 6.04 Å². The highest BCUT2D eigenvalue weighted by molar-refractivity contribution is 5.09. The molecule has 0 aliphatic carbocycles. The van der Waals surface area contributed by atoms with E-state index in [-0.39, 0.29) is 6.04 Å². The molecule has 0 bridgehead atoms. The predicted molar refractivity (Wildman–Crippen MR) is 60.1 cm³/mol. The molecule has 3 nitrogen and oxygen atoms in total. The number of nitrogens with two attached hydrogens (primary N) is 1. The van der Waals surface area contributed by atoms with E-state index in [4.69, 9.17) is 5.73 Å². The zero-order chi connectivity index (χ0) is 10.6. The van der Waals surface area contributed by atoms with Crippen LogP contribution in [-0.2, 0) is 0 Å². The van der Waals surface area contributed by atoms with Crippen LogP contribution in [0.4, 0.5) is 0 Å². The number of nitrogens with one attached hydrogen (secondary N) is 1. The Labute approximate surface area is 86.3 Å². The summed E-state index contributed by atoms with van der Waals surface area (Å²) in [5.74, 6) is 0. The molecule has 1 aromatic heterocycles. The van der Waals surface area contributed by atoms with Gasteiger partial charge in [0.05, 0.1) is 0 Å². The van der Waals surface area contributed by atoms with E-state index in [9.17, 15) is 0 Å². The van der Waals surface area contributed by atoms with Crippen molar-refractivity contribution in [3.05, 3.63) is 24.0 Å². The molecule has 0 aromatic carbocycles. The monoisotopic (exact) mass is 195 g/mol. The predicted octanol–water partition coefficient (Wildman–Crippen LogP) is 1.74. The second-order valence-corrected chi connectivity index (χ2v) is 4.16. The van der Waals surface area contributed by atoms with Crippen molar-refractivity contribution < 1.29 is 0 Å². The number of hydrogen-bond donors (Lipinski definition) is 2. The van der Waals surface area contributed by atoms with Crippen molar-refractivity contribution >= 4 is 0 Å². The fraction of sp³-hybridized carbons (Fsp3) is 0.636. The van der Waals surface area contributed by atoms with Gasteiger partial charge in [-0.15, -0.1) is 0 Å². The topological polar surface area (TPSA) is 45.1 Å². The summed E-state index contributed by atoms with van der Waals surface area (Å²) >= 11 is 0. The molecule has 0 fully saturated rings. The number of H-pyrrole nitrogens is 1. The van der Waals surface area contributed by atoms with Gasteiger partial charge in [0.1, 0.15) is 0 Å². The van der Waals surface area contributed by atoms with Crippen molar-refractivity contribution in [1.29, 1.82) is 0 Å². The molecule has 0 aliphatic rings. The quantitative estimate of drug-likeness (QED) is 0.751. The fourth-order valence-electron chi connectivity index (χ4n) is 1.66. The maximum atomic E-state index is 5.77. The molecule has 1 aromatic rings. The van der Waals surface area contributed by atoms with E-state index in [1.165, 1.54) is 5.69 Å². The lowest BCUT2D eigenvalue weighted by atomic mass is 10.0. The summed E-state index contributed by atoms with van der Waals surface area (Å²) < 4.78 is 0. The average Bonchev–Trinajstić information content (AvgIpc) is 2.56. The maximum Gasteiger partial charge on any atom is 0.0493 e. The SMILES string of the molecule is CC(N)CCC(c1ccc[nH]1)N(C)C. The zero-order valence-electron chi connectivity index (χ0n) is 9.33. The van der Waals surface area contributed by atoms with Crippen molar-refractivity contribution in [2.45, 2.75) is 31.8 Å². The van der Waals surface area contributed by atoms with E-state index in [0.717, 1.165) is 12.8 Å². The van der Waals surface area contributed by atoms with Gasteiger partial charge < -0.3 is 15.6 Å². The molecule has 2 atom stereocenters. The molecule has 0 saturated heterocycles. The highest BCUT2D eigenvalue weighted by Crippen LogP contribution is 2.21. The summed E-state index contributed by atoms with van der Waals surface area (Å²) in [5, 5.41) is 0. The third-order valence-electron chi connectivity index (χ3n) is 2.50. The molecule has 1 rings (SSSR count). The Morgan fingerprint density at radius 3 is 2.57 bits per heavy atom. The summed E-state index contributed by atoms with van der Waals surface area (Å²) in [4.78, 5) is 5.49. The minimum Gasteiger partial charge on any atom is -0.364 e. The van der Waals surface area contributed by atoms with Crippen molar-refractivity contribution in [2.24, 2.45) is 5.73 Å². The van der Waals surface area contributed by atoms with Crippen LogP contribution in [0, 0.1) is 0 Å². The summed E-state index contributed by atoms with van der Waals surface area (Å²) in [6.07, 6.45) is 4.13. The highest BCUT2D eigenvalue weighted by atomic mass is 15.1. The number of hydrogen-bond acceptors (Lipinski definition) is 2. The largest absolute Gasteiger partial charge is 0.364 e. The molecule has 0 saturated carbocycles. The Hall–Kier alpha value is -0.800. The molecular weight excluding hydrogens is 174 g/mol. The Morgan fingerprint density at radius 1 is 1.43 bits per heavy atom. The van der Waals surface area contributed by atoms with E-state index in [2.05, 4.69) is 37.0 Å². The van der Waals surface area contributed by atoms with E-state index < -0.39 is 0 Å². The first-order valence-electron chi connectivity index (χ1n) is 5.16. The van der Waals surface area contributed by atoms with Crippen LogP contribution in [-0.4, -0.2) is 30.0 Å². The lowest BCUT2D eigenvalue weighted by Crippen LogP contribution is -2.23. The van der Waals surface area contributed by atoms with Crippen LogP contribution in [0.2, 0.25) is 0 Å². The number of nitrogens with zero attached hydrogens (tertiary/aromatic N) is 1. The first-order chi connectivity index (χ1) is 6.61. The molecule has 0 radical (unpaired) electrons. The van der Waals surface area contributed by atoms with Gasteiger partial charge in [0.15, 0.2) is 0 Å². The minimum absolute atomic E-state index is 0.285. The van der Waals surface area contributed by atoms with Crippen molar-refractivity contribution in [1.82, 2.24) is 9.88 Å². The lowest BCUT2D eigenvalue weighted by Gasteiger charge is -2.24. The molecule has 3 heteroatoms. The van der Waals surface area contributed by atoms with Gasteiger partial charge in [-0.25, -0.2) is 0 Å². The Bertz CT molecular complexity index is 239. The molecule has 1 heterocycles. The van der Waals surface area contributed by atoms with Crippen LogP contribution < -0.4 is 5.73 Å². The molecule has 80 valence electrons. The number of rotatable bonds is 5. The van der Waals surface area contributed by atoms with Crippen LogP contribution in [0.5, 0.6) is 0 Å². The third kappa shape index (κ3) is 3.16. The maximum absolute atomic E-state index is 5.77. The first kappa shape index (κ1) is 11.3. The summed E-state index contributed by atoms with van der Waals surface area (Å²) in [5.41, 5.74) is 7.04. The second kappa shape index (κ2) is 5.17. The summed E-state index contributed by atoms with van der Waals surface area (Å²) in [6.45, 7) is 2.06. The first-order valence-corrected chi connectivity index (χ1v) is 5.16. The fourth-order valence-corrected chi connectivity index (χ4v) is 1.66. The molecule has 3 N–H and O–H groups in total. The van der Waals surface area contributed by atoms with Gasteiger partial charge in [-0.1, -0.05) is 0 Å². The van der Waals surface area contributed by atoms with E-state index in [1.807, 2.05) is 12.3 Å². The lowest BCUT2D eigenvalue weighted by molar-refractivity contribution is 0.270. The normalized spacial score (nSPS) is 15.8. The van der Waals surface area contributed by atoms with Gasteiger partial charge in [-0.05, 0) is 46.0 Å². The van der Waals surface area contributed by atoms with Gasteiger partial charge >= 0.3 is 0 Å². The van der Waals surface area contributed by atoms with Gasteiger partial charge in [0.2, 0.25) is 0 Å². The number of aromatic amines is 1. The van der Waals surface area contributed by atoms with Crippen LogP contribution in [0.15, 0.2) is 18.3 Å². The van der Waals surface area contributed by atoms with Crippen molar-refractivity contribution in [3.63, 3.8) is 0 Å². The van der Waals surface area contributed by atoms with Gasteiger partial charge in [0.25, 0.3) is 0 Å². The van der Waals surface area contributed by atoms with Gasteiger partial charge in [-0.3, -0.25) is 0 Å². The van der Waals surface area contributed by atoms with Crippen molar-refractivity contribution in [3.8, 4) is 0 Å². The zero-order valence-corrected chi connectivity index (χ0v) is 9.33. The standard InChI is InChI=1S/C11H21N3/c1-9(12)6-7-11(14(2)3)10-5-4-8-13-10/h4-5,8-9,11,13H,6-7,12H2,1-3H3. The molecule has 14 heavy (non-hydrogen) atoms. The number of aromatic nitrogens is 1. The Morgan fingerprint density at radius 2 is 2.14 bits per heavy atom. The molecular formula is C11H21N3. The molecule has 0 spiro atoms. The Kier molecular flexibility index (Phi) is 4.17. The molecule has 0 amide bonds. The van der Waals surface area contributed by atoms with Crippen LogP contribution in [0.3, 0.4) is 0 Å². The van der Waals surface area contributed by atoms with Gasteiger partial charge in [-0.2, -0.15) is 0 Å². The van der Waals surface area contributed by atoms with Crippen LogP contribution in [0.25, 0.3) is 0 Å². The minimum atomic E-state index is 0.285.